The molecule has 2 fully saturated rings. The summed E-state index contributed by atoms with van der Waals surface area (Å²) < 4.78 is 15.0. The zero-order chi connectivity index (χ0) is 22.2. The molecule has 1 saturated heterocycles. The minimum Gasteiger partial charge on any atom is -0.339 e. The lowest BCUT2D eigenvalue weighted by molar-refractivity contribution is -0.134. The van der Waals surface area contributed by atoms with Gasteiger partial charge < -0.3 is 9.80 Å². The smallest absolute Gasteiger partial charge is 0.257 e. The van der Waals surface area contributed by atoms with Crippen molar-refractivity contribution in [3.63, 3.8) is 0 Å². The lowest BCUT2D eigenvalue weighted by Crippen LogP contribution is -2.51. The molecule has 7 heteroatoms. The van der Waals surface area contributed by atoms with Crippen molar-refractivity contribution in [1.29, 1.82) is 0 Å². The van der Waals surface area contributed by atoms with Crippen molar-refractivity contribution in [3.8, 4) is 16.9 Å². The van der Waals surface area contributed by atoms with Gasteiger partial charge in [0.15, 0.2) is 0 Å². The highest BCUT2D eigenvalue weighted by Crippen LogP contribution is 2.31. The monoisotopic (exact) mass is 432 g/mol. The van der Waals surface area contributed by atoms with E-state index in [0.717, 1.165) is 24.0 Å². The van der Waals surface area contributed by atoms with Crippen LogP contribution in [0.15, 0.2) is 54.7 Å². The van der Waals surface area contributed by atoms with Crippen molar-refractivity contribution >= 4 is 11.8 Å². The molecule has 2 amide bonds. The van der Waals surface area contributed by atoms with Crippen LogP contribution in [0.25, 0.3) is 16.9 Å². The Bertz CT molecular complexity index is 1140. The highest BCUT2D eigenvalue weighted by Gasteiger charge is 2.35. The van der Waals surface area contributed by atoms with Crippen molar-refractivity contribution in [2.24, 2.45) is 5.92 Å². The van der Waals surface area contributed by atoms with Crippen molar-refractivity contribution in [1.82, 2.24) is 19.6 Å². The number of nitrogens with zero attached hydrogens (tertiary/aromatic N) is 4. The molecular formula is C25H25FN4O2. The number of rotatable bonds is 4. The molecule has 0 spiro atoms. The van der Waals surface area contributed by atoms with E-state index in [4.69, 9.17) is 0 Å². The Hall–Kier alpha value is -3.48. The minimum atomic E-state index is -0.324. The van der Waals surface area contributed by atoms with Crippen LogP contribution in [0.4, 0.5) is 4.39 Å². The molecule has 6 nitrogen and oxygen atoms in total. The number of aromatic nitrogens is 2. The molecular weight excluding hydrogens is 407 g/mol. The van der Waals surface area contributed by atoms with Crippen LogP contribution in [0.2, 0.25) is 0 Å². The topological polar surface area (TPSA) is 58.4 Å². The molecule has 0 atom stereocenters. The van der Waals surface area contributed by atoms with E-state index in [1.54, 1.807) is 27.9 Å². The van der Waals surface area contributed by atoms with Crippen LogP contribution >= 0.6 is 0 Å². The Balaban J connectivity index is 1.43. The lowest BCUT2D eigenvalue weighted by Gasteiger charge is -2.34. The van der Waals surface area contributed by atoms with Gasteiger partial charge in [0.25, 0.3) is 5.91 Å². The van der Waals surface area contributed by atoms with Gasteiger partial charge >= 0.3 is 0 Å². The van der Waals surface area contributed by atoms with E-state index in [-0.39, 0.29) is 23.5 Å². The van der Waals surface area contributed by atoms with Gasteiger partial charge in [0, 0.05) is 43.9 Å². The summed E-state index contributed by atoms with van der Waals surface area (Å²) in [7, 11) is 0. The second-order valence-corrected chi connectivity index (χ2v) is 8.57. The summed E-state index contributed by atoms with van der Waals surface area (Å²) in [5.74, 6) is -0.0112. The first-order valence-corrected chi connectivity index (χ1v) is 11.0. The number of piperazine rings is 1. The molecule has 2 aliphatic rings. The average Bonchev–Trinajstić information content (AvgIpc) is 3.58. The van der Waals surface area contributed by atoms with E-state index in [2.05, 4.69) is 5.10 Å². The van der Waals surface area contributed by atoms with E-state index in [1.807, 2.05) is 36.1 Å². The van der Waals surface area contributed by atoms with Gasteiger partial charge in [-0.2, -0.15) is 5.10 Å². The van der Waals surface area contributed by atoms with E-state index in [9.17, 15) is 14.0 Å². The minimum absolute atomic E-state index is 0.104. The fourth-order valence-electron chi connectivity index (χ4n) is 4.07. The summed E-state index contributed by atoms with van der Waals surface area (Å²) in [5, 5.41) is 4.68. The van der Waals surface area contributed by atoms with Crippen LogP contribution < -0.4 is 0 Å². The quantitative estimate of drug-likeness (QED) is 0.632. The number of halogens is 1. The molecule has 1 aliphatic carbocycles. The van der Waals surface area contributed by atoms with Crippen LogP contribution in [0.1, 0.15) is 28.8 Å². The van der Waals surface area contributed by atoms with Gasteiger partial charge in [-0.25, -0.2) is 9.07 Å². The molecule has 1 aromatic heterocycles. The molecule has 164 valence electrons. The molecule has 32 heavy (non-hydrogen) atoms. The predicted octanol–water partition coefficient (Wildman–Crippen LogP) is 3.68. The normalized spacial score (nSPS) is 16.3. The van der Waals surface area contributed by atoms with Crippen molar-refractivity contribution < 1.29 is 14.0 Å². The van der Waals surface area contributed by atoms with Crippen LogP contribution in [0.3, 0.4) is 0 Å². The molecule has 5 rings (SSSR count). The van der Waals surface area contributed by atoms with Crippen molar-refractivity contribution in [3.05, 3.63) is 71.7 Å². The summed E-state index contributed by atoms with van der Waals surface area (Å²) >= 11 is 0. The Kier molecular flexibility index (Phi) is 5.25. The fraction of sp³-hybridized carbons (Fsp3) is 0.320. The molecule has 0 unspecified atom stereocenters. The Morgan fingerprint density at radius 2 is 1.53 bits per heavy atom. The first-order valence-electron chi connectivity index (χ1n) is 11.0. The van der Waals surface area contributed by atoms with Gasteiger partial charge in [-0.3, -0.25) is 9.59 Å². The third-order valence-corrected chi connectivity index (χ3v) is 6.17. The summed E-state index contributed by atoms with van der Waals surface area (Å²) in [4.78, 5) is 29.5. The van der Waals surface area contributed by atoms with E-state index in [0.29, 0.717) is 43.1 Å². The highest BCUT2D eigenvalue weighted by molar-refractivity contribution is 6.00. The van der Waals surface area contributed by atoms with Gasteiger partial charge in [-0.05, 0) is 44.0 Å². The van der Waals surface area contributed by atoms with Gasteiger partial charge in [0.05, 0.1) is 11.3 Å². The summed E-state index contributed by atoms with van der Waals surface area (Å²) in [6, 6.07) is 13.9. The predicted molar refractivity (Wildman–Crippen MR) is 119 cm³/mol. The summed E-state index contributed by atoms with van der Waals surface area (Å²) in [5.41, 5.74) is 3.74. The maximum atomic E-state index is 13.5. The number of hydrogen-bond donors (Lipinski definition) is 0. The maximum Gasteiger partial charge on any atom is 0.257 e. The van der Waals surface area contributed by atoms with Crippen LogP contribution in [0.5, 0.6) is 0 Å². The molecule has 1 aliphatic heterocycles. The second-order valence-electron chi connectivity index (χ2n) is 8.57. The van der Waals surface area contributed by atoms with Crippen LogP contribution in [0, 0.1) is 18.7 Å². The molecule has 2 aromatic carbocycles. The summed E-state index contributed by atoms with van der Waals surface area (Å²) in [6.07, 6.45) is 3.69. The summed E-state index contributed by atoms with van der Waals surface area (Å²) in [6.45, 7) is 4.15. The number of benzene rings is 2. The first-order chi connectivity index (χ1) is 15.5. The molecule has 2 heterocycles. The number of hydrogen-bond acceptors (Lipinski definition) is 3. The standard InChI is InChI=1S/C25H25FN4O2/c1-17-2-4-18(5-3-17)23-22(16-30(27-23)21-10-8-20(26)9-11-21)25(32)29-14-12-28(13-15-29)24(31)19-6-7-19/h2-5,8-11,16,19H,6-7,12-15H2,1H3. The number of carbonyl (C=O) groups is 2. The highest BCUT2D eigenvalue weighted by atomic mass is 19.1. The van der Waals surface area contributed by atoms with Crippen LogP contribution in [-0.4, -0.2) is 57.6 Å². The van der Waals surface area contributed by atoms with Crippen molar-refractivity contribution in [2.45, 2.75) is 19.8 Å². The zero-order valence-electron chi connectivity index (χ0n) is 18.0. The van der Waals surface area contributed by atoms with E-state index in [1.165, 1.54) is 12.1 Å². The lowest BCUT2D eigenvalue weighted by atomic mass is 10.1. The molecule has 1 saturated carbocycles. The SMILES string of the molecule is Cc1ccc(-c2nn(-c3ccc(F)cc3)cc2C(=O)N2CCN(C(=O)C3CC3)CC2)cc1. The average molecular weight is 432 g/mol. The maximum absolute atomic E-state index is 13.5. The van der Waals surface area contributed by atoms with E-state index >= 15 is 0 Å². The third kappa shape index (κ3) is 4.02. The number of aryl methyl sites for hydroxylation is 1. The number of carbonyl (C=O) groups excluding carboxylic acids is 2. The Morgan fingerprint density at radius 1 is 0.906 bits per heavy atom. The van der Waals surface area contributed by atoms with Gasteiger partial charge in [0.1, 0.15) is 11.5 Å². The van der Waals surface area contributed by atoms with E-state index < -0.39 is 0 Å². The number of amides is 2. The molecule has 3 aromatic rings. The molecule has 0 radical (unpaired) electrons. The largest absolute Gasteiger partial charge is 0.339 e. The van der Waals surface area contributed by atoms with Crippen molar-refractivity contribution in [2.75, 3.05) is 26.2 Å². The molecule has 0 N–H and O–H groups in total. The molecule has 0 bridgehead atoms. The first kappa shape index (κ1) is 20.4. The van der Waals surface area contributed by atoms with Crippen LogP contribution in [-0.2, 0) is 4.79 Å². The fourth-order valence-corrected chi connectivity index (χ4v) is 4.07. The second kappa shape index (κ2) is 8.22. The van der Waals surface area contributed by atoms with Gasteiger partial charge in [0.2, 0.25) is 5.91 Å². The van der Waals surface area contributed by atoms with Gasteiger partial charge in [-0.1, -0.05) is 29.8 Å². The van der Waals surface area contributed by atoms with Gasteiger partial charge in [-0.15, -0.1) is 0 Å². The zero-order valence-corrected chi connectivity index (χ0v) is 18.0. The third-order valence-electron chi connectivity index (χ3n) is 6.17. The Labute approximate surface area is 186 Å². The Morgan fingerprint density at radius 3 is 2.16 bits per heavy atom.